The molecule has 2 aliphatic heterocycles. The molecule has 5 aromatic carbocycles. The van der Waals surface area contributed by atoms with Crippen molar-refractivity contribution in [1.29, 1.82) is 10.5 Å². The molecule has 0 spiro atoms. The summed E-state index contributed by atoms with van der Waals surface area (Å²) in [6.45, 7) is 0. The summed E-state index contributed by atoms with van der Waals surface area (Å²) >= 11 is 0. The quantitative estimate of drug-likeness (QED) is 0.191. The predicted octanol–water partition coefficient (Wildman–Crippen LogP) is 8.30. The molecule has 2 aliphatic rings. The maximum atomic E-state index is 13.6. The van der Waals surface area contributed by atoms with Gasteiger partial charge in [0.05, 0.1) is 12.1 Å². The first kappa shape index (κ1) is 30.2. The molecular weight excluding hydrogens is 592 g/mol. The topological polar surface area (TPSA) is 88.2 Å². The van der Waals surface area contributed by atoms with Gasteiger partial charge in [-0.1, -0.05) is 109 Å². The molecule has 7 rings (SSSR count). The van der Waals surface area contributed by atoms with Crippen LogP contribution in [0.4, 0.5) is 0 Å². The number of carbonyl (C=O) groups is 2. The van der Waals surface area contributed by atoms with Crippen molar-refractivity contribution < 1.29 is 9.59 Å². The summed E-state index contributed by atoms with van der Waals surface area (Å²) in [5.41, 5.74) is 8.64. The summed E-state index contributed by atoms with van der Waals surface area (Å²) in [6.07, 6.45) is 4.80. The number of allylic oxidation sites excluding steroid dienone is 2. The Bertz CT molecular complexity index is 2000. The molecule has 6 nitrogen and oxygen atoms in total. The number of hydrogen-bond donors (Lipinski definition) is 0. The van der Waals surface area contributed by atoms with E-state index in [4.69, 9.17) is 0 Å². The van der Waals surface area contributed by atoms with Crippen LogP contribution in [0.1, 0.15) is 66.2 Å². The van der Waals surface area contributed by atoms with Crippen LogP contribution in [0.15, 0.2) is 146 Å². The maximum absolute atomic E-state index is 13.6. The number of nitriles is 2. The van der Waals surface area contributed by atoms with Gasteiger partial charge in [0.25, 0.3) is 11.8 Å². The summed E-state index contributed by atoms with van der Waals surface area (Å²) < 4.78 is 0. The number of benzene rings is 5. The Hall–Kier alpha value is -6.50. The van der Waals surface area contributed by atoms with E-state index in [0.29, 0.717) is 24.0 Å². The van der Waals surface area contributed by atoms with Crippen LogP contribution >= 0.6 is 0 Å². The zero-order valence-electron chi connectivity index (χ0n) is 26.0. The highest BCUT2D eigenvalue weighted by Gasteiger charge is 2.33. The van der Waals surface area contributed by atoms with Gasteiger partial charge in [-0.25, -0.2) is 0 Å². The van der Waals surface area contributed by atoms with Crippen molar-refractivity contribution in [2.24, 2.45) is 0 Å². The summed E-state index contributed by atoms with van der Waals surface area (Å²) in [5.74, 6) is -0.437. The van der Waals surface area contributed by atoms with Crippen molar-refractivity contribution in [2.75, 3.05) is 0 Å². The van der Waals surface area contributed by atoms with Crippen LogP contribution in [0, 0.1) is 22.7 Å². The fraction of sp³-hybridized carbons (Fsp3) is 0.0952. The van der Waals surface area contributed by atoms with Crippen molar-refractivity contribution in [2.45, 2.75) is 24.9 Å². The SMILES string of the molecule is N#CC1c2ccccc2C(Cc2ccc(CC3=CN(C(=O)c4ccccc4)C(C#N)c4ccccc43)cc2)=CN1C(=O)c1ccccc1. The summed E-state index contributed by atoms with van der Waals surface area (Å²) in [5, 5.41) is 20.2. The van der Waals surface area contributed by atoms with E-state index in [1.165, 1.54) is 0 Å². The summed E-state index contributed by atoms with van der Waals surface area (Å²) in [4.78, 5) is 30.2. The minimum Gasteiger partial charge on any atom is -0.294 e. The molecule has 48 heavy (non-hydrogen) atoms. The van der Waals surface area contributed by atoms with Crippen LogP contribution in [-0.2, 0) is 12.8 Å². The van der Waals surface area contributed by atoms with Crippen LogP contribution < -0.4 is 0 Å². The number of carbonyl (C=O) groups excluding carboxylic acids is 2. The fourth-order valence-corrected chi connectivity index (χ4v) is 6.55. The fourth-order valence-electron chi connectivity index (χ4n) is 6.55. The van der Waals surface area contributed by atoms with E-state index in [1.54, 1.807) is 34.1 Å². The molecule has 5 aromatic rings. The average molecular weight is 623 g/mol. The largest absolute Gasteiger partial charge is 0.294 e. The number of nitrogens with zero attached hydrogens (tertiary/aromatic N) is 4. The second kappa shape index (κ2) is 13.1. The molecule has 0 saturated heterocycles. The first-order valence-corrected chi connectivity index (χ1v) is 15.8. The lowest BCUT2D eigenvalue weighted by Gasteiger charge is -2.32. The van der Waals surface area contributed by atoms with Crippen molar-refractivity contribution in [3.63, 3.8) is 0 Å². The van der Waals surface area contributed by atoms with Gasteiger partial charge in [0.15, 0.2) is 0 Å². The Kier molecular flexibility index (Phi) is 8.22. The third-order valence-electron chi connectivity index (χ3n) is 8.92. The van der Waals surface area contributed by atoms with Crippen molar-refractivity contribution >= 4 is 23.0 Å². The zero-order chi connectivity index (χ0) is 33.0. The first-order chi connectivity index (χ1) is 23.6. The van der Waals surface area contributed by atoms with Gasteiger partial charge in [0.2, 0.25) is 0 Å². The molecule has 6 heteroatoms. The summed E-state index contributed by atoms with van der Waals surface area (Å²) in [6, 6.07) is 45.2. The molecule has 230 valence electrons. The van der Waals surface area contributed by atoms with E-state index in [2.05, 4.69) is 36.4 Å². The molecule has 0 aromatic heterocycles. The lowest BCUT2D eigenvalue weighted by molar-refractivity contribution is 0.0785. The molecule has 0 bridgehead atoms. The van der Waals surface area contributed by atoms with Gasteiger partial charge in [-0.2, -0.15) is 10.5 Å². The lowest BCUT2D eigenvalue weighted by Crippen LogP contribution is -2.33. The van der Waals surface area contributed by atoms with Crippen LogP contribution in [0.5, 0.6) is 0 Å². The highest BCUT2D eigenvalue weighted by atomic mass is 16.2. The smallest absolute Gasteiger partial charge is 0.259 e. The average Bonchev–Trinajstić information content (AvgIpc) is 3.15. The van der Waals surface area contributed by atoms with Crippen molar-refractivity contribution in [1.82, 2.24) is 9.80 Å². The van der Waals surface area contributed by atoms with Crippen LogP contribution in [0.3, 0.4) is 0 Å². The van der Waals surface area contributed by atoms with E-state index < -0.39 is 12.1 Å². The predicted molar refractivity (Wildman–Crippen MR) is 185 cm³/mol. The van der Waals surface area contributed by atoms with Gasteiger partial charge < -0.3 is 0 Å². The molecular formula is C42H30N4O2. The summed E-state index contributed by atoms with van der Waals surface area (Å²) in [7, 11) is 0. The van der Waals surface area contributed by atoms with Crippen LogP contribution in [0.2, 0.25) is 0 Å². The van der Waals surface area contributed by atoms with Crippen LogP contribution in [0.25, 0.3) is 11.1 Å². The lowest BCUT2D eigenvalue weighted by atomic mass is 9.87. The third-order valence-corrected chi connectivity index (χ3v) is 8.92. The second-order valence-electron chi connectivity index (χ2n) is 11.9. The normalized spacial score (nSPS) is 16.4. The Balaban J connectivity index is 1.17. The van der Waals surface area contributed by atoms with Gasteiger partial charge in [0, 0.05) is 23.5 Å². The molecule has 2 unspecified atom stereocenters. The number of amides is 2. The third kappa shape index (κ3) is 5.68. The molecule has 0 radical (unpaired) electrons. The molecule has 2 atom stereocenters. The van der Waals surface area contributed by atoms with E-state index in [9.17, 15) is 20.1 Å². The van der Waals surface area contributed by atoms with E-state index >= 15 is 0 Å². The minimum absolute atomic E-state index is 0.219. The molecule has 0 N–H and O–H groups in total. The molecule has 0 fully saturated rings. The maximum Gasteiger partial charge on any atom is 0.259 e. The van der Waals surface area contributed by atoms with Crippen LogP contribution in [-0.4, -0.2) is 21.6 Å². The Morgan fingerprint density at radius 2 is 0.854 bits per heavy atom. The van der Waals surface area contributed by atoms with E-state index in [-0.39, 0.29) is 11.8 Å². The number of rotatable bonds is 6. The first-order valence-electron chi connectivity index (χ1n) is 15.8. The number of fused-ring (bicyclic) bond motifs is 2. The Labute approximate surface area is 279 Å². The molecule has 2 amide bonds. The highest BCUT2D eigenvalue weighted by molar-refractivity contribution is 5.98. The minimum atomic E-state index is -0.722. The molecule has 2 heterocycles. The van der Waals surface area contributed by atoms with Gasteiger partial charge >= 0.3 is 0 Å². The van der Waals surface area contributed by atoms with Gasteiger partial charge in [-0.05, 0) is 81.6 Å². The second-order valence-corrected chi connectivity index (χ2v) is 11.9. The molecule has 0 aliphatic carbocycles. The molecule has 0 saturated carbocycles. The van der Waals surface area contributed by atoms with Gasteiger partial charge in [-0.15, -0.1) is 0 Å². The zero-order valence-corrected chi connectivity index (χ0v) is 26.0. The van der Waals surface area contributed by atoms with E-state index in [1.807, 2.05) is 97.3 Å². The monoisotopic (exact) mass is 622 g/mol. The van der Waals surface area contributed by atoms with Crippen molar-refractivity contribution in [3.05, 3.63) is 190 Å². The number of hydrogen-bond acceptors (Lipinski definition) is 4. The van der Waals surface area contributed by atoms with Gasteiger partial charge in [0.1, 0.15) is 12.1 Å². The van der Waals surface area contributed by atoms with Crippen molar-refractivity contribution in [3.8, 4) is 12.1 Å². The highest BCUT2D eigenvalue weighted by Crippen LogP contribution is 2.39. The Morgan fingerprint density at radius 1 is 0.500 bits per heavy atom. The standard InChI is InChI=1S/C42H30N4O2/c43-25-39-37-17-9-7-15-35(37)33(27-45(39)41(47)31-11-3-1-4-12-31)23-29-19-21-30(22-20-29)24-34-28-46(42(48)32-13-5-2-6-14-32)40(26-44)38-18-10-8-16-36(34)38/h1-22,27-28,39-40H,23-24H2. The Morgan fingerprint density at radius 3 is 1.23 bits per heavy atom. The van der Waals surface area contributed by atoms with E-state index in [0.717, 1.165) is 44.5 Å². The van der Waals surface area contributed by atoms with Gasteiger partial charge in [-0.3, -0.25) is 19.4 Å².